The SMILES string of the molecule is O=C(CCNC(=O)c1ccsc1)NNC(=O)c1ccccc1NS(=O)(=O)c1cccs1. The first kappa shape index (κ1) is 22.5. The van der Waals surface area contributed by atoms with Crippen LogP contribution in [0.3, 0.4) is 0 Å². The van der Waals surface area contributed by atoms with Crippen LogP contribution in [0.5, 0.6) is 0 Å². The highest BCUT2D eigenvalue weighted by atomic mass is 32.2. The van der Waals surface area contributed by atoms with Crippen molar-refractivity contribution in [2.45, 2.75) is 10.6 Å². The number of hydrazine groups is 1. The predicted octanol–water partition coefficient (Wildman–Crippen LogP) is 2.19. The summed E-state index contributed by atoms with van der Waals surface area (Å²) in [6, 6.07) is 10.8. The molecule has 2 aromatic heterocycles. The number of rotatable bonds is 8. The fourth-order valence-corrected chi connectivity index (χ4v) is 5.13. The maximum absolute atomic E-state index is 12.5. The van der Waals surface area contributed by atoms with E-state index in [4.69, 9.17) is 0 Å². The number of benzene rings is 1. The second-order valence-electron chi connectivity index (χ2n) is 6.10. The molecule has 12 heteroatoms. The van der Waals surface area contributed by atoms with Gasteiger partial charge in [-0.15, -0.1) is 11.3 Å². The van der Waals surface area contributed by atoms with Gasteiger partial charge >= 0.3 is 0 Å². The molecule has 3 aromatic rings. The lowest BCUT2D eigenvalue weighted by molar-refractivity contribution is -0.121. The quantitative estimate of drug-likeness (QED) is 0.368. The lowest BCUT2D eigenvalue weighted by Crippen LogP contribution is -2.43. The number of carbonyl (C=O) groups excluding carboxylic acids is 3. The van der Waals surface area contributed by atoms with Gasteiger partial charge in [-0.3, -0.25) is 30.0 Å². The average Bonchev–Trinajstić information content (AvgIpc) is 3.46. The molecule has 0 atom stereocenters. The monoisotopic (exact) mass is 478 g/mol. The third kappa shape index (κ3) is 6.13. The Balaban J connectivity index is 1.52. The van der Waals surface area contributed by atoms with E-state index in [0.717, 1.165) is 11.3 Å². The highest BCUT2D eigenvalue weighted by molar-refractivity contribution is 7.94. The number of para-hydroxylation sites is 1. The molecule has 0 aliphatic carbocycles. The molecule has 1 aromatic carbocycles. The molecule has 0 saturated heterocycles. The van der Waals surface area contributed by atoms with Crippen molar-refractivity contribution in [3.05, 3.63) is 69.7 Å². The molecule has 4 N–H and O–H groups in total. The van der Waals surface area contributed by atoms with E-state index in [1.54, 1.807) is 40.4 Å². The van der Waals surface area contributed by atoms with Crippen molar-refractivity contribution in [1.82, 2.24) is 16.2 Å². The number of sulfonamides is 1. The predicted molar refractivity (Wildman–Crippen MR) is 118 cm³/mol. The van der Waals surface area contributed by atoms with Crippen LogP contribution in [0, 0.1) is 0 Å². The molecule has 0 aliphatic heterocycles. The molecular weight excluding hydrogens is 460 g/mol. The number of hydrogen-bond acceptors (Lipinski definition) is 7. The topological polar surface area (TPSA) is 133 Å². The zero-order chi connectivity index (χ0) is 22.3. The van der Waals surface area contributed by atoms with Crippen LogP contribution in [0.4, 0.5) is 5.69 Å². The second-order valence-corrected chi connectivity index (χ2v) is 9.74. The van der Waals surface area contributed by atoms with Gasteiger partial charge in [-0.05, 0) is 35.0 Å². The highest BCUT2D eigenvalue weighted by Crippen LogP contribution is 2.22. The normalized spacial score (nSPS) is 10.8. The number of anilines is 1. The van der Waals surface area contributed by atoms with E-state index < -0.39 is 21.8 Å². The Bertz CT molecular complexity index is 1160. The van der Waals surface area contributed by atoms with Gasteiger partial charge in [0, 0.05) is 23.9 Å². The van der Waals surface area contributed by atoms with Gasteiger partial charge in [0.15, 0.2) is 0 Å². The van der Waals surface area contributed by atoms with Crippen LogP contribution in [-0.4, -0.2) is 32.7 Å². The molecule has 3 rings (SSSR count). The minimum atomic E-state index is -3.83. The molecule has 0 radical (unpaired) electrons. The van der Waals surface area contributed by atoms with Crippen molar-refractivity contribution in [2.24, 2.45) is 0 Å². The van der Waals surface area contributed by atoms with Gasteiger partial charge in [-0.25, -0.2) is 8.42 Å². The average molecular weight is 479 g/mol. The van der Waals surface area contributed by atoms with E-state index in [-0.39, 0.29) is 34.3 Å². The summed E-state index contributed by atoms with van der Waals surface area (Å²) < 4.78 is 27.3. The zero-order valence-corrected chi connectivity index (χ0v) is 18.4. The van der Waals surface area contributed by atoms with Crippen LogP contribution < -0.4 is 20.9 Å². The Kier molecular flexibility index (Phi) is 7.39. The lowest BCUT2D eigenvalue weighted by Gasteiger charge is -2.12. The molecule has 0 unspecified atom stereocenters. The third-order valence-corrected chi connectivity index (χ3v) is 7.36. The van der Waals surface area contributed by atoms with Gasteiger partial charge in [-0.2, -0.15) is 11.3 Å². The van der Waals surface area contributed by atoms with E-state index in [0.29, 0.717) is 5.56 Å². The van der Waals surface area contributed by atoms with Crippen molar-refractivity contribution in [3.63, 3.8) is 0 Å². The number of amides is 3. The van der Waals surface area contributed by atoms with Crippen molar-refractivity contribution in [2.75, 3.05) is 11.3 Å². The Labute approximate surface area is 186 Å². The first-order chi connectivity index (χ1) is 14.9. The van der Waals surface area contributed by atoms with Crippen LogP contribution in [0.25, 0.3) is 0 Å². The second kappa shape index (κ2) is 10.2. The van der Waals surface area contributed by atoms with Crippen LogP contribution in [0.2, 0.25) is 0 Å². The van der Waals surface area contributed by atoms with Crippen LogP contribution in [-0.2, 0) is 14.8 Å². The van der Waals surface area contributed by atoms with Gasteiger partial charge in [0.2, 0.25) is 5.91 Å². The molecule has 0 saturated carbocycles. The van der Waals surface area contributed by atoms with Gasteiger partial charge in [0.25, 0.3) is 21.8 Å². The van der Waals surface area contributed by atoms with Crippen LogP contribution in [0.1, 0.15) is 27.1 Å². The van der Waals surface area contributed by atoms with Crippen molar-refractivity contribution < 1.29 is 22.8 Å². The van der Waals surface area contributed by atoms with Crippen LogP contribution in [0.15, 0.2) is 62.8 Å². The molecule has 0 spiro atoms. The fourth-order valence-electron chi connectivity index (χ4n) is 2.42. The Morgan fingerprint density at radius 3 is 2.42 bits per heavy atom. The Morgan fingerprint density at radius 1 is 0.903 bits per heavy atom. The van der Waals surface area contributed by atoms with Crippen molar-refractivity contribution >= 4 is 56.1 Å². The first-order valence-electron chi connectivity index (χ1n) is 8.92. The van der Waals surface area contributed by atoms with Gasteiger partial charge in [0.1, 0.15) is 4.21 Å². The Morgan fingerprint density at radius 2 is 1.71 bits per heavy atom. The number of hydrogen-bond donors (Lipinski definition) is 4. The summed E-state index contributed by atoms with van der Waals surface area (Å²) in [5.74, 6) is -1.50. The van der Waals surface area contributed by atoms with Gasteiger partial charge in [-0.1, -0.05) is 18.2 Å². The smallest absolute Gasteiger partial charge is 0.271 e. The number of thiophene rings is 2. The largest absolute Gasteiger partial charge is 0.351 e. The first-order valence-corrected chi connectivity index (χ1v) is 12.2. The van der Waals surface area contributed by atoms with Crippen molar-refractivity contribution in [3.8, 4) is 0 Å². The minimum Gasteiger partial charge on any atom is -0.351 e. The summed E-state index contributed by atoms with van der Waals surface area (Å²) in [7, 11) is -3.83. The summed E-state index contributed by atoms with van der Waals surface area (Å²) in [4.78, 5) is 36.2. The van der Waals surface area contributed by atoms with E-state index >= 15 is 0 Å². The molecule has 0 bridgehead atoms. The molecule has 2 heterocycles. The molecular formula is C19H18N4O5S3. The summed E-state index contributed by atoms with van der Waals surface area (Å²) in [5, 5.41) is 7.70. The third-order valence-electron chi connectivity index (χ3n) is 3.91. The minimum absolute atomic E-state index is 0.0358. The maximum Gasteiger partial charge on any atom is 0.271 e. The highest BCUT2D eigenvalue weighted by Gasteiger charge is 2.19. The summed E-state index contributed by atoms with van der Waals surface area (Å²) >= 11 is 2.44. The van der Waals surface area contributed by atoms with E-state index in [9.17, 15) is 22.8 Å². The van der Waals surface area contributed by atoms with Gasteiger partial charge in [0.05, 0.1) is 11.3 Å². The Hall–Kier alpha value is -3.22. The zero-order valence-electron chi connectivity index (χ0n) is 16.0. The molecule has 9 nitrogen and oxygen atoms in total. The lowest BCUT2D eigenvalue weighted by atomic mass is 10.2. The molecule has 3 amide bonds. The molecule has 0 aliphatic rings. The standard InChI is InChI=1S/C19H18N4O5S3/c24-16(7-9-20-18(25)13-8-11-29-12-13)21-22-19(26)14-4-1-2-5-15(14)23-31(27,28)17-6-3-10-30-17/h1-6,8,10-12,23H,7,9H2,(H,20,25)(H,21,24)(H,22,26). The van der Waals surface area contributed by atoms with Crippen LogP contribution >= 0.6 is 22.7 Å². The van der Waals surface area contributed by atoms with E-state index in [2.05, 4.69) is 20.9 Å². The van der Waals surface area contributed by atoms with Crippen molar-refractivity contribution in [1.29, 1.82) is 0 Å². The number of carbonyl (C=O) groups is 3. The fraction of sp³-hybridized carbons (Fsp3) is 0.105. The van der Waals surface area contributed by atoms with E-state index in [1.807, 2.05) is 0 Å². The summed E-state index contributed by atoms with van der Waals surface area (Å²) in [6.45, 7) is 0.0909. The van der Waals surface area contributed by atoms with Gasteiger partial charge < -0.3 is 5.32 Å². The molecule has 0 fully saturated rings. The number of nitrogens with one attached hydrogen (secondary N) is 4. The van der Waals surface area contributed by atoms with E-state index in [1.165, 1.54) is 29.5 Å². The summed E-state index contributed by atoms with van der Waals surface area (Å²) in [5.41, 5.74) is 5.11. The summed E-state index contributed by atoms with van der Waals surface area (Å²) in [6.07, 6.45) is -0.0528. The maximum atomic E-state index is 12.5. The molecule has 162 valence electrons. The molecule has 31 heavy (non-hydrogen) atoms.